The fourth-order valence-corrected chi connectivity index (χ4v) is 1.66. The van der Waals surface area contributed by atoms with Gasteiger partial charge in [-0.25, -0.2) is 13.8 Å². The van der Waals surface area contributed by atoms with Crippen molar-refractivity contribution in [3.8, 4) is 0 Å². The largest absolute Gasteiger partial charge is 0.371 e. The van der Waals surface area contributed by atoms with Crippen molar-refractivity contribution >= 4 is 33.3 Å². The normalized spacial score (nSPS) is 10.2. The molecule has 0 aliphatic rings. The van der Waals surface area contributed by atoms with Gasteiger partial charge in [-0.15, -0.1) is 0 Å². The molecule has 0 amide bonds. The first-order valence-corrected chi connectivity index (χ1v) is 5.96. The molecule has 94 valence electrons. The second-order valence-electron chi connectivity index (χ2n) is 3.53. The van der Waals surface area contributed by atoms with Crippen LogP contribution in [0.2, 0.25) is 0 Å². The third-order valence-electron chi connectivity index (χ3n) is 2.27. The molecular weight excluding hydrogens is 304 g/mol. The van der Waals surface area contributed by atoms with Gasteiger partial charge in [-0.2, -0.15) is 0 Å². The van der Waals surface area contributed by atoms with E-state index in [0.717, 1.165) is 10.5 Å². The Morgan fingerprint density at radius 3 is 2.28 bits per heavy atom. The highest BCUT2D eigenvalue weighted by atomic mass is 79.9. The van der Waals surface area contributed by atoms with Crippen LogP contribution in [0.15, 0.2) is 34.8 Å². The average Bonchev–Trinajstić information content (AvgIpc) is 2.35. The molecule has 18 heavy (non-hydrogen) atoms. The standard InChI is InChI=1S/C12H10BrF2N3/c1-16-11-9(14)6-10(15)12(18-11)17-8-4-2-7(13)3-5-8/h2-6H,1H3,(H2,16,17,18). The Morgan fingerprint density at radius 1 is 1.06 bits per heavy atom. The maximum absolute atomic E-state index is 13.5. The summed E-state index contributed by atoms with van der Waals surface area (Å²) in [4.78, 5) is 3.82. The molecule has 6 heteroatoms. The first-order valence-electron chi connectivity index (χ1n) is 5.16. The van der Waals surface area contributed by atoms with Crippen LogP contribution in [0, 0.1) is 11.6 Å². The molecule has 1 aromatic carbocycles. The number of benzene rings is 1. The molecule has 0 saturated carbocycles. The van der Waals surface area contributed by atoms with Crippen molar-refractivity contribution in [3.63, 3.8) is 0 Å². The Morgan fingerprint density at radius 2 is 1.67 bits per heavy atom. The van der Waals surface area contributed by atoms with Crippen LogP contribution < -0.4 is 10.6 Å². The summed E-state index contributed by atoms with van der Waals surface area (Å²) in [6, 6.07) is 7.92. The van der Waals surface area contributed by atoms with Crippen LogP contribution in [0.4, 0.5) is 26.1 Å². The van der Waals surface area contributed by atoms with Crippen LogP contribution in [-0.4, -0.2) is 12.0 Å². The van der Waals surface area contributed by atoms with Gasteiger partial charge in [0.1, 0.15) is 0 Å². The fourth-order valence-electron chi connectivity index (χ4n) is 1.40. The van der Waals surface area contributed by atoms with Gasteiger partial charge in [-0.05, 0) is 24.3 Å². The lowest BCUT2D eigenvalue weighted by atomic mass is 10.3. The number of hydrogen-bond donors (Lipinski definition) is 2. The van der Waals surface area contributed by atoms with Crippen LogP contribution >= 0.6 is 15.9 Å². The van der Waals surface area contributed by atoms with Gasteiger partial charge in [0.05, 0.1) is 0 Å². The van der Waals surface area contributed by atoms with Gasteiger partial charge in [-0.1, -0.05) is 15.9 Å². The summed E-state index contributed by atoms with van der Waals surface area (Å²) in [6.45, 7) is 0. The maximum Gasteiger partial charge on any atom is 0.169 e. The molecule has 2 rings (SSSR count). The summed E-state index contributed by atoms with van der Waals surface area (Å²) >= 11 is 3.30. The van der Waals surface area contributed by atoms with Crippen LogP contribution in [0.3, 0.4) is 0 Å². The van der Waals surface area contributed by atoms with E-state index in [0.29, 0.717) is 5.69 Å². The Hall–Kier alpha value is -1.69. The number of nitrogens with one attached hydrogen (secondary N) is 2. The predicted molar refractivity (Wildman–Crippen MR) is 71.1 cm³/mol. The first-order chi connectivity index (χ1) is 8.60. The van der Waals surface area contributed by atoms with E-state index in [4.69, 9.17) is 0 Å². The molecule has 0 aliphatic carbocycles. The number of nitrogens with zero attached hydrogens (tertiary/aromatic N) is 1. The van der Waals surface area contributed by atoms with Gasteiger partial charge >= 0.3 is 0 Å². The van der Waals surface area contributed by atoms with E-state index in [9.17, 15) is 8.78 Å². The molecule has 0 saturated heterocycles. The van der Waals surface area contributed by atoms with Gasteiger partial charge < -0.3 is 10.6 Å². The SMILES string of the molecule is CNc1nc(Nc2ccc(Br)cc2)c(F)cc1F. The summed E-state index contributed by atoms with van der Waals surface area (Å²) in [5, 5.41) is 5.35. The molecule has 0 aliphatic heterocycles. The number of halogens is 3. The molecular formula is C12H10BrF2N3. The number of anilines is 3. The van der Waals surface area contributed by atoms with Crippen molar-refractivity contribution < 1.29 is 8.78 Å². The van der Waals surface area contributed by atoms with E-state index in [1.54, 1.807) is 12.1 Å². The van der Waals surface area contributed by atoms with E-state index in [2.05, 4.69) is 31.5 Å². The lowest BCUT2D eigenvalue weighted by molar-refractivity contribution is 0.580. The van der Waals surface area contributed by atoms with Gasteiger partial charge in [0.25, 0.3) is 0 Å². The lowest BCUT2D eigenvalue weighted by Crippen LogP contribution is -2.03. The molecule has 0 fully saturated rings. The van der Waals surface area contributed by atoms with Crippen LogP contribution in [0.5, 0.6) is 0 Å². The van der Waals surface area contributed by atoms with Crippen molar-refractivity contribution in [1.82, 2.24) is 4.98 Å². The number of pyridine rings is 1. The van der Waals surface area contributed by atoms with Gasteiger partial charge in [0.2, 0.25) is 0 Å². The Labute approximate surface area is 111 Å². The monoisotopic (exact) mass is 313 g/mol. The maximum atomic E-state index is 13.5. The predicted octanol–water partition coefficient (Wildman–Crippen LogP) is 3.91. The molecule has 0 unspecified atom stereocenters. The minimum absolute atomic E-state index is 0.00369. The number of hydrogen-bond acceptors (Lipinski definition) is 3. The van der Waals surface area contributed by atoms with Gasteiger partial charge in [0.15, 0.2) is 23.3 Å². The number of rotatable bonds is 3. The molecule has 1 aromatic heterocycles. The topological polar surface area (TPSA) is 37.0 Å². The van der Waals surface area contributed by atoms with E-state index in [1.807, 2.05) is 12.1 Å². The molecule has 0 radical (unpaired) electrons. The Kier molecular flexibility index (Phi) is 3.76. The summed E-state index contributed by atoms with van der Waals surface area (Å²) < 4.78 is 27.7. The van der Waals surface area contributed by atoms with E-state index < -0.39 is 11.6 Å². The van der Waals surface area contributed by atoms with Gasteiger partial charge in [-0.3, -0.25) is 0 Å². The van der Waals surface area contributed by atoms with Crippen LogP contribution in [0.1, 0.15) is 0 Å². The Balaban J connectivity index is 2.31. The molecule has 0 bridgehead atoms. The van der Waals surface area contributed by atoms with Crippen molar-refractivity contribution in [3.05, 3.63) is 46.4 Å². The first kappa shape index (κ1) is 12.8. The minimum Gasteiger partial charge on any atom is -0.371 e. The van der Waals surface area contributed by atoms with Crippen molar-refractivity contribution in [2.24, 2.45) is 0 Å². The number of aromatic nitrogens is 1. The minimum atomic E-state index is -0.741. The highest BCUT2D eigenvalue weighted by Gasteiger charge is 2.10. The fraction of sp³-hybridized carbons (Fsp3) is 0.0833. The van der Waals surface area contributed by atoms with Crippen molar-refractivity contribution in [1.29, 1.82) is 0 Å². The summed E-state index contributed by atoms with van der Waals surface area (Å²) in [5.41, 5.74) is 0.665. The Bertz CT molecular complexity index is 558. The average molecular weight is 314 g/mol. The second kappa shape index (κ2) is 5.30. The quantitative estimate of drug-likeness (QED) is 0.902. The molecule has 2 aromatic rings. The second-order valence-corrected chi connectivity index (χ2v) is 4.45. The highest BCUT2D eigenvalue weighted by molar-refractivity contribution is 9.10. The van der Waals surface area contributed by atoms with E-state index >= 15 is 0 Å². The summed E-state index contributed by atoms with van der Waals surface area (Å²) in [7, 11) is 1.52. The van der Waals surface area contributed by atoms with Crippen molar-refractivity contribution in [2.75, 3.05) is 17.7 Å². The van der Waals surface area contributed by atoms with Crippen LogP contribution in [0.25, 0.3) is 0 Å². The lowest BCUT2D eigenvalue weighted by Gasteiger charge is -2.09. The zero-order valence-corrected chi connectivity index (χ0v) is 11.1. The molecule has 2 N–H and O–H groups in total. The molecule has 1 heterocycles. The third kappa shape index (κ3) is 2.76. The van der Waals surface area contributed by atoms with Crippen molar-refractivity contribution in [2.45, 2.75) is 0 Å². The summed E-state index contributed by atoms with van der Waals surface area (Å²) in [6.07, 6.45) is 0. The van der Waals surface area contributed by atoms with E-state index in [1.165, 1.54) is 7.05 Å². The van der Waals surface area contributed by atoms with Crippen LogP contribution in [-0.2, 0) is 0 Å². The highest BCUT2D eigenvalue weighted by Crippen LogP contribution is 2.23. The smallest absolute Gasteiger partial charge is 0.169 e. The summed E-state index contributed by atoms with van der Waals surface area (Å²) in [5.74, 6) is -1.50. The zero-order valence-electron chi connectivity index (χ0n) is 9.47. The molecule has 0 spiro atoms. The molecule has 0 atom stereocenters. The van der Waals surface area contributed by atoms with Gasteiger partial charge in [0, 0.05) is 23.3 Å². The zero-order chi connectivity index (χ0) is 13.1. The van der Waals surface area contributed by atoms with E-state index in [-0.39, 0.29) is 11.6 Å². The molecule has 3 nitrogen and oxygen atoms in total. The third-order valence-corrected chi connectivity index (χ3v) is 2.80.